The first kappa shape index (κ1) is 10.2. The van der Waals surface area contributed by atoms with E-state index in [2.05, 4.69) is 16.9 Å². The zero-order chi connectivity index (χ0) is 11.5. The van der Waals surface area contributed by atoms with E-state index in [9.17, 15) is 9.90 Å². The maximum atomic E-state index is 10.3. The monoisotopic (exact) mass is 214 g/mol. The lowest BCUT2D eigenvalue weighted by atomic mass is 10.1. The first-order valence-electron chi connectivity index (χ1n) is 4.69. The Morgan fingerprint density at radius 2 is 2.19 bits per heavy atom. The van der Waals surface area contributed by atoms with Crippen LogP contribution in [0, 0.1) is 0 Å². The number of pyridine rings is 1. The average molecular weight is 214 g/mol. The number of hydrogen-bond acceptors (Lipinski definition) is 3. The molecule has 2 N–H and O–H groups in total. The van der Waals surface area contributed by atoms with Crippen molar-refractivity contribution >= 4 is 22.9 Å². The Morgan fingerprint density at radius 1 is 1.38 bits per heavy atom. The van der Waals surface area contributed by atoms with Gasteiger partial charge in [0.1, 0.15) is 5.75 Å². The Morgan fingerprint density at radius 3 is 2.94 bits per heavy atom. The topological polar surface area (TPSA) is 62.2 Å². The number of aromatic nitrogens is 1. The third-order valence-electron chi connectivity index (χ3n) is 2.25. The standard InChI is InChI=1S/C12H10N2O2/c1-8(14-7-15)12-5-10-4-11(16)3-2-9(10)6-13-12/h2-7,16H,1H2,(H,14,15). The van der Waals surface area contributed by atoms with E-state index < -0.39 is 0 Å². The molecule has 2 aromatic rings. The fourth-order valence-corrected chi connectivity index (χ4v) is 1.44. The summed E-state index contributed by atoms with van der Waals surface area (Å²) in [5, 5.41) is 13.6. The lowest BCUT2D eigenvalue weighted by molar-refractivity contribution is -0.108. The van der Waals surface area contributed by atoms with E-state index in [0.29, 0.717) is 17.8 Å². The SMILES string of the molecule is C=C(NC=O)c1cc2cc(O)ccc2cn1. The van der Waals surface area contributed by atoms with Crippen LogP contribution in [0.25, 0.3) is 16.5 Å². The molecule has 0 aliphatic heterocycles. The number of carbonyl (C=O) groups is 1. The highest BCUT2D eigenvalue weighted by atomic mass is 16.3. The molecule has 0 spiro atoms. The van der Waals surface area contributed by atoms with Crippen molar-refractivity contribution in [2.24, 2.45) is 0 Å². The number of hydrogen-bond donors (Lipinski definition) is 2. The van der Waals surface area contributed by atoms with Crippen LogP contribution in [0.2, 0.25) is 0 Å². The smallest absolute Gasteiger partial charge is 0.211 e. The van der Waals surface area contributed by atoms with Crippen LogP contribution in [0.5, 0.6) is 5.75 Å². The number of nitrogens with one attached hydrogen (secondary N) is 1. The molecule has 1 aromatic heterocycles. The second-order valence-electron chi connectivity index (χ2n) is 3.34. The number of phenolic OH excluding ortho intramolecular Hbond substituents is 1. The van der Waals surface area contributed by atoms with Crippen LogP contribution in [0.1, 0.15) is 5.69 Å². The molecule has 2 rings (SSSR count). The fourth-order valence-electron chi connectivity index (χ4n) is 1.44. The molecular weight excluding hydrogens is 204 g/mol. The Bertz CT molecular complexity index is 564. The molecule has 4 nitrogen and oxygen atoms in total. The highest BCUT2D eigenvalue weighted by Crippen LogP contribution is 2.21. The van der Waals surface area contributed by atoms with Crippen molar-refractivity contribution in [3.8, 4) is 5.75 Å². The van der Waals surface area contributed by atoms with Crippen molar-refractivity contribution in [1.29, 1.82) is 0 Å². The van der Waals surface area contributed by atoms with Crippen LogP contribution in [0.4, 0.5) is 0 Å². The van der Waals surface area contributed by atoms with Crippen molar-refractivity contribution in [2.75, 3.05) is 0 Å². The van der Waals surface area contributed by atoms with Crippen molar-refractivity contribution < 1.29 is 9.90 Å². The minimum atomic E-state index is 0.193. The van der Waals surface area contributed by atoms with Gasteiger partial charge in [0, 0.05) is 11.6 Å². The zero-order valence-corrected chi connectivity index (χ0v) is 8.47. The van der Waals surface area contributed by atoms with E-state index in [1.165, 1.54) is 0 Å². The van der Waals surface area contributed by atoms with Gasteiger partial charge in [-0.25, -0.2) is 0 Å². The summed E-state index contributed by atoms with van der Waals surface area (Å²) in [6.45, 7) is 3.68. The summed E-state index contributed by atoms with van der Waals surface area (Å²) in [5.74, 6) is 0.193. The predicted octanol–water partition coefficient (Wildman–Crippen LogP) is 1.66. The van der Waals surface area contributed by atoms with Crippen LogP contribution in [-0.4, -0.2) is 16.5 Å². The van der Waals surface area contributed by atoms with Gasteiger partial charge in [0.15, 0.2) is 0 Å². The van der Waals surface area contributed by atoms with Crippen LogP contribution in [0.3, 0.4) is 0 Å². The van der Waals surface area contributed by atoms with Gasteiger partial charge in [0.05, 0.1) is 11.4 Å². The molecular formula is C12H10N2O2. The van der Waals surface area contributed by atoms with Gasteiger partial charge >= 0.3 is 0 Å². The van der Waals surface area contributed by atoms with E-state index in [1.807, 2.05) is 0 Å². The fraction of sp³-hybridized carbons (Fsp3) is 0. The third-order valence-corrected chi connectivity index (χ3v) is 2.25. The van der Waals surface area contributed by atoms with Gasteiger partial charge in [-0.15, -0.1) is 0 Å². The first-order valence-corrected chi connectivity index (χ1v) is 4.69. The Balaban J connectivity index is 2.50. The lowest BCUT2D eigenvalue weighted by Gasteiger charge is -2.04. The normalized spacial score (nSPS) is 10.0. The molecule has 16 heavy (non-hydrogen) atoms. The van der Waals surface area contributed by atoms with Gasteiger partial charge < -0.3 is 10.4 Å². The van der Waals surface area contributed by atoms with Crippen LogP contribution in [0.15, 0.2) is 37.0 Å². The number of benzene rings is 1. The lowest BCUT2D eigenvalue weighted by Crippen LogP contribution is -2.08. The highest BCUT2D eigenvalue weighted by molar-refractivity contribution is 5.86. The summed E-state index contributed by atoms with van der Waals surface area (Å²) in [4.78, 5) is 14.4. The van der Waals surface area contributed by atoms with E-state index in [4.69, 9.17) is 0 Å². The van der Waals surface area contributed by atoms with Crippen molar-refractivity contribution in [1.82, 2.24) is 10.3 Å². The molecule has 0 saturated carbocycles. The summed E-state index contributed by atoms with van der Waals surface area (Å²) >= 11 is 0. The molecule has 1 heterocycles. The highest BCUT2D eigenvalue weighted by Gasteiger charge is 2.02. The molecule has 0 atom stereocenters. The molecule has 0 aliphatic rings. The number of amides is 1. The summed E-state index contributed by atoms with van der Waals surface area (Å²) in [6.07, 6.45) is 2.22. The molecule has 80 valence electrons. The van der Waals surface area contributed by atoms with Gasteiger partial charge in [-0.3, -0.25) is 9.78 Å². The van der Waals surface area contributed by atoms with E-state index in [0.717, 1.165) is 10.8 Å². The van der Waals surface area contributed by atoms with Gasteiger partial charge in [0.25, 0.3) is 0 Å². The van der Waals surface area contributed by atoms with Gasteiger partial charge in [-0.05, 0) is 29.7 Å². The predicted molar refractivity (Wildman–Crippen MR) is 61.6 cm³/mol. The van der Waals surface area contributed by atoms with Gasteiger partial charge in [-0.1, -0.05) is 6.58 Å². The van der Waals surface area contributed by atoms with Crippen LogP contribution in [-0.2, 0) is 4.79 Å². The van der Waals surface area contributed by atoms with E-state index in [-0.39, 0.29) is 5.75 Å². The molecule has 0 aliphatic carbocycles. The summed E-state index contributed by atoms with van der Waals surface area (Å²) in [6, 6.07) is 6.77. The Hall–Kier alpha value is -2.36. The Kier molecular flexibility index (Phi) is 2.55. The second-order valence-corrected chi connectivity index (χ2v) is 3.34. The van der Waals surface area contributed by atoms with E-state index >= 15 is 0 Å². The minimum absolute atomic E-state index is 0.193. The van der Waals surface area contributed by atoms with Crippen molar-refractivity contribution in [2.45, 2.75) is 0 Å². The third kappa shape index (κ3) is 1.86. The number of nitrogens with zero attached hydrogens (tertiary/aromatic N) is 1. The Labute approximate surface area is 92.2 Å². The molecule has 0 fully saturated rings. The van der Waals surface area contributed by atoms with Gasteiger partial charge in [-0.2, -0.15) is 0 Å². The molecule has 1 aromatic carbocycles. The molecule has 0 unspecified atom stereocenters. The number of phenols is 1. The molecule has 0 bridgehead atoms. The number of aromatic hydroxyl groups is 1. The molecule has 0 saturated heterocycles. The molecule has 4 heteroatoms. The molecule has 0 radical (unpaired) electrons. The van der Waals surface area contributed by atoms with Crippen LogP contribution >= 0.6 is 0 Å². The number of fused-ring (bicyclic) bond motifs is 1. The summed E-state index contributed by atoms with van der Waals surface area (Å²) in [5.41, 5.74) is 1.01. The number of carbonyl (C=O) groups excluding carboxylic acids is 1. The maximum Gasteiger partial charge on any atom is 0.211 e. The quantitative estimate of drug-likeness (QED) is 0.764. The second kappa shape index (κ2) is 4.02. The largest absolute Gasteiger partial charge is 0.508 e. The number of rotatable bonds is 3. The average Bonchev–Trinajstić information content (AvgIpc) is 2.28. The first-order chi connectivity index (χ1) is 7.70. The van der Waals surface area contributed by atoms with Crippen LogP contribution < -0.4 is 5.32 Å². The summed E-state index contributed by atoms with van der Waals surface area (Å²) in [7, 11) is 0. The van der Waals surface area contributed by atoms with Crippen molar-refractivity contribution in [3.05, 3.63) is 42.7 Å². The zero-order valence-electron chi connectivity index (χ0n) is 8.47. The van der Waals surface area contributed by atoms with Crippen molar-refractivity contribution in [3.63, 3.8) is 0 Å². The minimum Gasteiger partial charge on any atom is -0.508 e. The molecule has 1 amide bonds. The van der Waals surface area contributed by atoms with E-state index in [1.54, 1.807) is 30.5 Å². The summed E-state index contributed by atoms with van der Waals surface area (Å²) < 4.78 is 0. The van der Waals surface area contributed by atoms with Gasteiger partial charge in [0.2, 0.25) is 6.41 Å². The maximum absolute atomic E-state index is 10.3.